The van der Waals surface area contributed by atoms with Crippen LogP contribution in [0, 0.1) is 0 Å². The largest absolute Gasteiger partial charge is 0.478 e. The van der Waals surface area contributed by atoms with Gasteiger partial charge in [-0.25, -0.2) is 4.79 Å². The van der Waals surface area contributed by atoms with Gasteiger partial charge in [0.05, 0.1) is 23.8 Å². The first-order valence-corrected chi connectivity index (χ1v) is 10.8. The van der Waals surface area contributed by atoms with E-state index >= 15 is 0 Å². The number of carbonyl (C=O) groups excluding carboxylic acids is 1. The summed E-state index contributed by atoms with van der Waals surface area (Å²) in [4.78, 5) is 25.8. The molecule has 2 unspecified atom stereocenters. The third-order valence-electron chi connectivity index (χ3n) is 5.13. The molecule has 28 heavy (non-hydrogen) atoms. The van der Waals surface area contributed by atoms with Gasteiger partial charge in [-0.05, 0) is 29.5 Å². The molecular formula is C18H21N5O3S2. The number of hydrogen-bond donors (Lipinski definition) is 4. The Labute approximate surface area is 170 Å². The minimum atomic E-state index is -1.12. The quantitative estimate of drug-likeness (QED) is 0.536. The van der Waals surface area contributed by atoms with Crippen molar-refractivity contribution in [1.29, 1.82) is 0 Å². The number of amides is 1. The number of nitrogens with zero attached hydrogens (tertiary/aromatic N) is 2. The predicted molar refractivity (Wildman–Crippen MR) is 110 cm³/mol. The molecule has 148 valence electrons. The lowest BCUT2D eigenvalue weighted by Gasteiger charge is -2.31. The molecule has 1 fully saturated rings. The third-order valence-corrected chi connectivity index (χ3v) is 7.76. The molecule has 1 aromatic heterocycles. The summed E-state index contributed by atoms with van der Waals surface area (Å²) in [6.07, 6.45) is 4.56. The summed E-state index contributed by atoms with van der Waals surface area (Å²) >= 11 is 2.51. The first kappa shape index (κ1) is 19.2. The van der Waals surface area contributed by atoms with Crippen molar-refractivity contribution >= 4 is 46.3 Å². The van der Waals surface area contributed by atoms with Gasteiger partial charge in [-0.2, -0.15) is 5.10 Å². The highest BCUT2D eigenvalue weighted by Gasteiger charge is 2.42. The van der Waals surface area contributed by atoms with Crippen LogP contribution in [0.3, 0.4) is 0 Å². The fourth-order valence-corrected chi connectivity index (χ4v) is 5.76. The number of rotatable bonds is 7. The molecule has 1 aromatic carbocycles. The summed E-state index contributed by atoms with van der Waals surface area (Å²) in [7, 11) is 0. The number of benzene rings is 1. The summed E-state index contributed by atoms with van der Waals surface area (Å²) in [6, 6.07) is 5.51. The fourth-order valence-electron chi connectivity index (χ4n) is 3.66. The van der Waals surface area contributed by atoms with Gasteiger partial charge in [-0.3, -0.25) is 9.89 Å². The van der Waals surface area contributed by atoms with Gasteiger partial charge >= 0.3 is 5.97 Å². The molecule has 0 radical (unpaired) electrons. The van der Waals surface area contributed by atoms with Crippen LogP contribution in [-0.4, -0.2) is 54.6 Å². The molecule has 3 heterocycles. The number of aliphatic carboxylic acids is 1. The first-order valence-electron chi connectivity index (χ1n) is 8.96. The Bertz CT molecular complexity index is 923. The van der Waals surface area contributed by atoms with E-state index in [0.29, 0.717) is 25.1 Å². The van der Waals surface area contributed by atoms with Crippen molar-refractivity contribution in [1.82, 2.24) is 20.4 Å². The Hall–Kier alpha value is -2.17. The van der Waals surface area contributed by atoms with Crippen molar-refractivity contribution in [3.63, 3.8) is 0 Å². The van der Waals surface area contributed by atoms with Gasteiger partial charge in [0.2, 0.25) is 10.1 Å². The summed E-state index contributed by atoms with van der Waals surface area (Å²) in [5.74, 6) is -0.356. The molecule has 2 aliphatic rings. The van der Waals surface area contributed by atoms with Crippen molar-refractivity contribution in [2.45, 2.75) is 29.1 Å². The zero-order valence-corrected chi connectivity index (χ0v) is 16.6. The molecule has 3 atom stereocenters. The Morgan fingerprint density at radius 3 is 3.14 bits per heavy atom. The first-order chi connectivity index (χ1) is 13.5. The highest BCUT2D eigenvalue weighted by atomic mass is 32.2. The van der Waals surface area contributed by atoms with E-state index in [-0.39, 0.29) is 18.0 Å². The van der Waals surface area contributed by atoms with Crippen LogP contribution in [0.4, 0.5) is 0 Å². The van der Waals surface area contributed by atoms with Crippen LogP contribution in [0.1, 0.15) is 24.4 Å². The predicted octanol–water partition coefficient (Wildman–Crippen LogP) is 1.83. The molecule has 8 nitrogen and oxygen atoms in total. The van der Waals surface area contributed by atoms with Gasteiger partial charge in [0.25, 0.3) is 0 Å². The van der Waals surface area contributed by atoms with Crippen molar-refractivity contribution in [2.24, 2.45) is 5.73 Å². The number of carboxylic acid groups (broad SMARTS) is 1. The molecule has 5 N–H and O–H groups in total. The van der Waals surface area contributed by atoms with Gasteiger partial charge in [-0.1, -0.05) is 17.8 Å². The van der Waals surface area contributed by atoms with Gasteiger partial charge < -0.3 is 21.1 Å². The standard InChI is InChI=1S/C18H21N5O3S2/c19-16(11-1-2-13-12(9-11)10-21-22-13)14-3-4-15(24)23(14)6-8-28-18(17(25)26)20-5-7-27-18/h1-2,5,7,9-10,14,16,20H,3-4,6,8,19H2,(H,21,22)(H,25,26)/t14-,16?,18?/m1/s1. The van der Waals surface area contributed by atoms with E-state index in [4.69, 9.17) is 5.73 Å². The maximum atomic E-state index is 12.4. The molecule has 0 bridgehead atoms. The summed E-state index contributed by atoms with van der Waals surface area (Å²) < 4.78 is -1.12. The summed E-state index contributed by atoms with van der Waals surface area (Å²) in [5, 5.41) is 22.1. The van der Waals surface area contributed by atoms with E-state index in [0.717, 1.165) is 16.5 Å². The number of H-pyrrole nitrogens is 1. The lowest BCUT2D eigenvalue weighted by molar-refractivity contribution is -0.137. The van der Waals surface area contributed by atoms with Crippen molar-refractivity contribution in [3.8, 4) is 0 Å². The topological polar surface area (TPSA) is 124 Å². The number of nitrogens with two attached hydrogens (primary N) is 1. The molecule has 2 aliphatic heterocycles. The van der Waals surface area contributed by atoms with Crippen molar-refractivity contribution < 1.29 is 14.7 Å². The number of aromatic amines is 1. The lowest BCUT2D eigenvalue weighted by Crippen LogP contribution is -2.44. The minimum Gasteiger partial charge on any atom is -0.478 e. The molecule has 0 spiro atoms. The second-order valence-electron chi connectivity index (χ2n) is 6.77. The Morgan fingerprint density at radius 1 is 1.54 bits per heavy atom. The average molecular weight is 420 g/mol. The number of carboxylic acids is 1. The summed E-state index contributed by atoms with van der Waals surface area (Å²) in [6.45, 7) is 0.465. The zero-order chi connectivity index (χ0) is 19.7. The number of likely N-dealkylation sites (tertiary alicyclic amines) is 1. The Morgan fingerprint density at radius 2 is 2.39 bits per heavy atom. The number of carbonyl (C=O) groups is 2. The number of thioether (sulfide) groups is 2. The molecule has 1 saturated heterocycles. The molecule has 0 aliphatic carbocycles. The summed E-state index contributed by atoms with van der Waals surface area (Å²) in [5.41, 5.74) is 8.44. The Kier molecular flexibility index (Phi) is 5.26. The van der Waals surface area contributed by atoms with Crippen molar-refractivity contribution in [2.75, 3.05) is 12.3 Å². The van der Waals surface area contributed by atoms with Gasteiger partial charge in [0.15, 0.2) is 0 Å². The number of aromatic nitrogens is 2. The number of hydrogen-bond acceptors (Lipinski definition) is 7. The molecule has 10 heteroatoms. The van der Waals surface area contributed by atoms with Crippen LogP contribution in [0.5, 0.6) is 0 Å². The molecule has 0 saturated carbocycles. The third kappa shape index (κ3) is 3.47. The second kappa shape index (κ2) is 7.69. The van der Waals surface area contributed by atoms with Gasteiger partial charge in [-0.15, -0.1) is 11.8 Å². The number of nitrogens with one attached hydrogen (secondary N) is 2. The van der Waals surface area contributed by atoms with Gasteiger partial charge in [0, 0.05) is 30.3 Å². The van der Waals surface area contributed by atoms with Crippen LogP contribution in [0.15, 0.2) is 36.0 Å². The molecule has 2 aromatic rings. The normalized spacial score (nSPS) is 25.4. The van der Waals surface area contributed by atoms with Crippen LogP contribution in [-0.2, 0) is 9.59 Å². The van der Waals surface area contributed by atoms with Crippen LogP contribution < -0.4 is 11.1 Å². The molecular weight excluding hydrogens is 398 g/mol. The van der Waals surface area contributed by atoms with Crippen LogP contribution >= 0.6 is 23.5 Å². The second-order valence-corrected chi connectivity index (χ2v) is 9.46. The number of fused-ring (bicyclic) bond motifs is 1. The molecule has 4 rings (SSSR count). The highest BCUT2D eigenvalue weighted by molar-refractivity contribution is 8.20. The fraction of sp³-hybridized carbons (Fsp3) is 0.389. The zero-order valence-electron chi connectivity index (χ0n) is 15.0. The maximum Gasteiger partial charge on any atom is 0.351 e. The van der Waals surface area contributed by atoms with E-state index in [2.05, 4.69) is 15.5 Å². The maximum absolute atomic E-state index is 12.4. The van der Waals surface area contributed by atoms with Crippen LogP contribution in [0.25, 0.3) is 10.9 Å². The monoisotopic (exact) mass is 419 g/mol. The lowest BCUT2D eigenvalue weighted by atomic mass is 9.97. The molecule has 1 amide bonds. The van der Waals surface area contributed by atoms with Crippen LogP contribution in [0.2, 0.25) is 0 Å². The Balaban J connectivity index is 1.43. The van der Waals surface area contributed by atoms with E-state index in [1.54, 1.807) is 22.7 Å². The highest BCUT2D eigenvalue weighted by Crippen LogP contribution is 2.39. The van der Waals surface area contributed by atoms with Gasteiger partial charge in [0.1, 0.15) is 0 Å². The van der Waals surface area contributed by atoms with Crippen molar-refractivity contribution in [3.05, 3.63) is 41.6 Å². The van der Waals surface area contributed by atoms with E-state index in [1.807, 2.05) is 18.2 Å². The van der Waals surface area contributed by atoms with E-state index in [1.165, 1.54) is 23.5 Å². The average Bonchev–Trinajstić information content (AvgIpc) is 3.41. The van der Waals surface area contributed by atoms with E-state index < -0.39 is 10.2 Å². The SMILES string of the molecule is NC(c1ccc2[nH]ncc2c1)[C@H]1CCC(=O)N1CCSC1(C(=O)O)NC=CS1. The minimum absolute atomic E-state index is 0.0694. The van der Waals surface area contributed by atoms with E-state index in [9.17, 15) is 14.7 Å². The smallest absolute Gasteiger partial charge is 0.351 e.